The Morgan fingerprint density at radius 2 is 1.43 bits per heavy atom. The van der Waals surface area contributed by atoms with Crippen molar-refractivity contribution in [2.45, 2.75) is 96.6 Å². The van der Waals surface area contributed by atoms with Crippen LogP contribution in [0.4, 0.5) is 0 Å². The molecule has 0 aromatic rings. The van der Waals surface area contributed by atoms with E-state index in [0.717, 1.165) is 37.0 Å². The molecule has 3 atom stereocenters. The molecule has 0 spiro atoms. The van der Waals surface area contributed by atoms with Crippen molar-refractivity contribution in [3.63, 3.8) is 0 Å². The molecule has 0 bridgehead atoms. The lowest BCUT2D eigenvalue weighted by Gasteiger charge is -2.36. The van der Waals surface area contributed by atoms with E-state index in [1.54, 1.807) is 0 Å². The number of hydrogen-bond donors (Lipinski definition) is 2. The average molecular weight is 295 g/mol. The van der Waals surface area contributed by atoms with Crippen LogP contribution in [0.3, 0.4) is 0 Å². The molecule has 0 aromatic heterocycles. The van der Waals surface area contributed by atoms with Gasteiger partial charge in [0, 0.05) is 25.2 Å². The van der Waals surface area contributed by atoms with E-state index in [4.69, 9.17) is 0 Å². The van der Waals surface area contributed by atoms with Crippen LogP contribution >= 0.6 is 0 Å². The Labute approximate surface area is 132 Å². The lowest BCUT2D eigenvalue weighted by molar-refractivity contribution is 0.188. The van der Waals surface area contributed by atoms with Gasteiger partial charge in [-0.2, -0.15) is 0 Å². The Kier molecular flexibility index (Phi) is 8.10. The second-order valence-corrected chi connectivity index (χ2v) is 7.52. The monoisotopic (exact) mass is 294 g/mol. The van der Waals surface area contributed by atoms with E-state index in [9.17, 15) is 0 Å². The number of rotatable bonds is 6. The van der Waals surface area contributed by atoms with Crippen molar-refractivity contribution in [2.24, 2.45) is 11.8 Å². The van der Waals surface area contributed by atoms with Crippen molar-refractivity contribution in [2.75, 3.05) is 13.1 Å². The smallest absolute Gasteiger partial charge is 0.00958 e. The first-order valence-electron chi connectivity index (χ1n) is 9.78. The Balaban J connectivity index is 1.60. The van der Waals surface area contributed by atoms with Crippen LogP contribution < -0.4 is 10.6 Å². The van der Waals surface area contributed by atoms with Crippen LogP contribution in [0.15, 0.2) is 0 Å². The summed E-state index contributed by atoms with van der Waals surface area (Å²) in [6, 6.07) is 1.56. The lowest BCUT2D eigenvalue weighted by Crippen LogP contribution is -2.44. The lowest BCUT2D eigenvalue weighted by atomic mass is 9.76. The van der Waals surface area contributed by atoms with Crippen molar-refractivity contribution in [3.05, 3.63) is 0 Å². The number of hydrogen-bond acceptors (Lipinski definition) is 2. The van der Waals surface area contributed by atoms with E-state index in [0.29, 0.717) is 0 Å². The van der Waals surface area contributed by atoms with Gasteiger partial charge >= 0.3 is 0 Å². The molecule has 2 nitrogen and oxygen atoms in total. The van der Waals surface area contributed by atoms with Crippen LogP contribution in [0, 0.1) is 11.8 Å². The van der Waals surface area contributed by atoms with Gasteiger partial charge in [0.1, 0.15) is 0 Å². The normalized spacial score (nSPS) is 32.6. The van der Waals surface area contributed by atoms with E-state index in [1.807, 2.05) is 0 Å². The summed E-state index contributed by atoms with van der Waals surface area (Å²) in [7, 11) is 0. The summed E-state index contributed by atoms with van der Waals surface area (Å²) >= 11 is 0. The van der Waals surface area contributed by atoms with E-state index >= 15 is 0 Å². The van der Waals surface area contributed by atoms with Crippen LogP contribution in [0.2, 0.25) is 0 Å². The summed E-state index contributed by atoms with van der Waals surface area (Å²) in [5, 5.41) is 7.65. The molecule has 124 valence electrons. The molecule has 2 N–H and O–H groups in total. The first-order valence-corrected chi connectivity index (χ1v) is 9.78. The zero-order chi connectivity index (χ0) is 14.9. The zero-order valence-corrected chi connectivity index (χ0v) is 14.5. The van der Waals surface area contributed by atoms with Crippen molar-refractivity contribution >= 4 is 0 Å². The minimum atomic E-state index is 0.767. The summed E-state index contributed by atoms with van der Waals surface area (Å²) < 4.78 is 0. The highest BCUT2D eigenvalue weighted by Gasteiger charge is 2.28. The minimum absolute atomic E-state index is 0.767. The first kappa shape index (κ1) is 17.3. The van der Waals surface area contributed by atoms with Gasteiger partial charge in [-0.1, -0.05) is 65.2 Å². The summed E-state index contributed by atoms with van der Waals surface area (Å²) in [5.41, 5.74) is 0. The molecule has 0 aromatic carbocycles. The molecule has 0 aliphatic heterocycles. The third-order valence-corrected chi connectivity index (χ3v) is 6.06. The van der Waals surface area contributed by atoms with Gasteiger partial charge in [-0.05, 0) is 31.1 Å². The number of nitrogens with one attached hydrogen (secondary N) is 2. The topological polar surface area (TPSA) is 24.1 Å². The SMILES string of the molecule is CCC1CCCC(NCCNC2CCCCCCC2)C1C. The highest BCUT2D eigenvalue weighted by Crippen LogP contribution is 2.31. The molecule has 0 saturated heterocycles. The molecule has 2 heteroatoms. The van der Waals surface area contributed by atoms with E-state index in [1.165, 1.54) is 70.6 Å². The fourth-order valence-electron chi connectivity index (χ4n) is 4.51. The van der Waals surface area contributed by atoms with Gasteiger partial charge in [0.25, 0.3) is 0 Å². The molecule has 2 aliphatic rings. The Morgan fingerprint density at radius 3 is 2.14 bits per heavy atom. The quantitative estimate of drug-likeness (QED) is 0.705. The minimum Gasteiger partial charge on any atom is -0.313 e. The third-order valence-electron chi connectivity index (χ3n) is 6.06. The fourth-order valence-corrected chi connectivity index (χ4v) is 4.51. The molecule has 21 heavy (non-hydrogen) atoms. The highest BCUT2D eigenvalue weighted by molar-refractivity contribution is 4.84. The maximum Gasteiger partial charge on any atom is 0.00958 e. The van der Waals surface area contributed by atoms with Gasteiger partial charge < -0.3 is 10.6 Å². The second-order valence-electron chi connectivity index (χ2n) is 7.52. The Bertz CT molecular complexity index is 258. The van der Waals surface area contributed by atoms with Crippen LogP contribution in [-0.2, 0) is 0 Å². The summed E-state index contributed by atoms with van der Waals surface area (Å²) in [6.07, 6.45) is 15.7. The van der Waals surface area contributed by atoms with Crippen LogP contribution in [0.25, 0.3) is 0 Å². The predicted octanol–water partition coefficient (Wildman–Crippen LogP) is 4.49. The maximum absolute atomic E-state index is 3.84. The molecule has 2 saturated carbocycles. The van der Waals surface area contributed by atoms with Gasteiger partial charge in [0.2, 0.25) is 0 Å². The molecule has 2 fully saturated rings. The zero-order valence-electron chi connectivity index (χ0n) is 14.5. The standard InChI is InChI=1S/C19H38N2/c1-3-17-10-9-13-19(16(17)2)21-15-14-20-18-11-7-5-4-6-8-12-18/h16-21H,3-15H2,1-2H3. The van der Waals surface area contributed by atoms with Gasteiger partial charge in [-0.15, -0.1) is 0 Å². The summed E-state index contributed by atoms with van der Waals surface area (Å²) in [5.74, 6) is 1.82. The Morgan fingerprint density at radius 1 is 0.762 bits per heavy atom. The van der Waals surface area contributed by atoms with Gasteiger partial charge in [-0.3, -0.25) is 0 Å². The van der Waals surface area contributed by atoms with Crippen LogP contribution in [0.5, 0.6) is 0 Å². The van der Waals surface area contributed by atoms with Crippen molar-refractivity contribution < 1.29 is 0 Å². The molecule has 2 rings (SSSR count). The van der Waals surface area contributed by atoms with Crippen molar-refractivity contribution in [1.82, 2.24) is 10.6 Å². The molecule has 2 aliphatic carbocycles. The largest absolute Gasteiger partial charge is 0.313 e. The summed E-state index contributed by atoms with van der Waals surface area (Å²) in [6.45, 7) is 7.14. The fraction of sp³-hybridized carbons (Fsp3) is 1.00. The van der Waals surface area contributed by atoms with Gasteiger partial charge in [-0.25, -0.2) is 0 Å². The second kappa shape index (κ2) is 9.84. The van der Waals surface area contributed by atoms with Gasteiger partial charge in [0.05, 0.1) is 0 Å². The van der Waals surface area contributed by atoms with Crippen LogP contribution in [0.1, 0.15) is 84.5 Å². The van der Waals surface area contributed by atoms with Gasteiger partial charge in [0.15, 0.2) is 0 Å². The molecule has 0 amide bonds. The molecule has 0 heterocycles. The highest BCUT2D eigenvalue weighted by atomic mass is 15.0. The third kappa shape index (κ3) is 5.90. The molecular formula is C19H38N2. The molecule has 3 unspecified atom stereocenters. The van der Waals surface area contributed by atoms with E-state index in [-0.39, 0.29) is 0 Å². The van der Waals surface area contributed by atoms with Crippen molar-refractivity contribution in [3.8, 4) is 0 Å². The molecular weight excluding hydrogens is 256 g/mol. The van der Waals surface area contributed by atoms with Crippen molar-refractivity contribution in [1.29, 1.82) is 0 Å². The maximum atomic E-state index is 3.84. The predicted molar refractivity (Wildman–Crippen MR) is 92.7 cm³/mol. The van der Waals surface area contributed by atoms with E-state index < -0.39 is 0 Å². The van der Waals surface area contributed by atoms with Crippen LogP contribution in [-0.4, -0.2) is 25.2 Å². The Hall–Kier alpha value is -0.0800. The van der Waals surface area contributed by atoms with E-state index in [2.05, 4.69) is 24.5 Å². The molecule has 0 radical (unpaired) electrons. The first-order chi connectivity index (χ1) is 10.3. The summed E-state index contributed by atoms with van der Waals surface area (Å²) in [4.78, 5) is 0. The average Bonchev–Trinajstić information content (AvgIpc) is 2.46.